The lowest BCUT2D eigenvalue weighted by molar-refractivity contribution is 0.241. The highest BCUT2D eigenvalue weighted by Gasteiger charge is 2.19. The first kappa shape index (κ1) is 8.54. The fraction of sp³-hybridized carbons (Fsp3) is 1.00. The first-order valence-corrected chi connectivity index (χ1v) is 5.01. The van der Waals surface area contributed by atoms with Gasteiger partial charge < -0.3 is 5.11 Å². The van der Waals surface area contributed by atoms with E-state index in [0.29, 0.717) is 11.4 Å². The summed E-state index contributed by atoms with van der Waals surface area (Å²) in [7, 11) is 0. The lowest BCUT2D eigenvalue weighted by Crippen LogP contribution is -2.20. The van der Waals surface area contributed by atoms with Gasteiger partial charge >= 0.3 is 0 Å². The van der Waals surface area contributed by atoms with E-state index in [2.05, 4.69) is 15.9 Å². The molecule has 0 aromatic rings. The maximum absolute atomic E-state index is 8.84. The van der Waals surface area contributed by atoms with Crippen LogP contribution in [-0.4, -0.2) is 16.5 Å². The van der Waals surface area contributed by atoms with Crippen molar-refractivity contribution in [1.82, 2.24) is 0 Å². The van der Waals surface area contributed by atoms with Gasteiger partial charge in [-0.2, -0.15) is 0 Å². The summed E-state index contributed by atoms with van der Waals surface area (Å²) in [5.74, 6) is 0.735. The van der Waals surface area contributed by atoms with E-state index in [9.17, 15) is 0 Å². The first-order valence-electron chi connectivity index (χ1n) is 4.09. The lowest BCUT2D eigenvalue weighted by Gasteiger charge is -2.24. The zero-order valence-corrected chi connectivity index (χ0v) is 7.81. The topological polar surface area (TPSA) is 20.2 Å². The fourth-order valence-corrected chi connectivity index (χ4v) is 2.17. The molecule has 0 bridgehead atoms. The van der Waals surface area contributed by atoms with Gasteiger partial charge in [0.05, 0.1) is 6.61 Å². The molecule has 0 aliphatic heterocycles. The van der Waals surface area contributed by atoms with Gasteiger partial charge in [-0.3, -0.25) is 0 Å². The van der Waals surface area contributed by atoms with Crippen molar-refractivity contribution in [1.29, 1.82) is 0 Å². The molecule has 1 aliphatic rings. The summed E-state index contributed by atoms with van der Waals surface area (Å²) in [4.78, 5) is 0.354. The fourth-order valence-electron chi connectivity index (χ4n) is 1.64. The molecule has 10 heavy (non-hydrogen) atoms. The largest absolute Gasteiger partial charge is 0.395 e. The number of aliphatic hydroxyl groups excluding tert-OH is 1. The third-order valence-corrected chi connectivity index (χ3v) is 3.37. The zero-order chi connectivity index (χ0) is 7.40. The smallest absolute Gasteiger partial charge is 0.0559 e. The van der Waals surface area contributed by atoms with Crippen molar-refractivity contribution in [2.45, 2.75) is 36.9 Å². The van der Waals surface area contributed by atoms with Crippen molar-refractivity contribution in [3.8, 4) is 0 Å². The van der Waals surface area contributed by atoms with Crippen LogP contribution in [0.5, 0.6) is 0 Å². The van der Waals surface area contributed by atoms with Gasteiger partial charge in [-0.15, -0.1) is 0 Å². The Hall–Kier alpha value is 0.440. The molecule has 1 fully saturated rings. The van der Waals surface area contributed by atoms with Crippen LogP contribution < -0.4 is 0 Å². The second-order valence-corrected chi connectivity index (χ2v) is 4.27. The maximum atomic E-state index is 8.84. The van der Waals surface area contributed by atoms with E-state index in [1.165, 1.54) is 32.1 Å². The Kier molecular flexibility index (Phi) is 3.71. The summed E-state index contributed by atoms with van der Waals surface area (Å²) in [5.41, 5.74) is 0. The Bertz CT molecular complexity index is 89.3. The molecule has 0 aromatic heterocycles. The molecule has 0 saturated heterocycles. The molecule has 0 spiro atoms. The second kappa shape index (κ2) is 4.35. The number of halogens is 1. The molecule has 1 N–H and O–H groups in total. The summed E-state index contributed by atoms with van der Waals surface area (Å²) < 4.78 is 0. The minimum Gasteiger partial charge on any atom is -0.395 e. The summed E-state index contributed by atoms with van der Waals surface area (Å²) in [5, 5.41) is 8.84. The van der Waals surface area contributed by atoms with Crippen LogP contribution >= 0.6 is 15.9 Å². The SMILES string of the molecule is OCC(Br)C1CCCCC1. The number of hydrogen-bond acceptors (Lipinski definition) is 1. The van der Waals surface area contributed by atoms with Gasteiger partial charge in [0.15, 0.2) is 0 Å². The Morgan fingerprint density at radius 1 is 1.30 bits per heavy atom. The third kappa shape index (κ3) is 2.24. The molecule has 0 aromatic carbocycles. The van der Waals surface area contributed by atoms with Gasteiger partial charge in [-0.25, -0.2) is 0 Å². The summed E-state index contributed by atoms with van der Waals surface area (Å²) in [6.07, 6.45) is 6.70. The highest BCUT2D eigenvalue weighted by Crippen LogP contribution is 2.29. The monoisotopic (exact) mass is 206 g/mol. The summed E-state index contributed by atoms with van der Waals surface area (Å²) in [6.45, 7) is 0.296. The summed E-state index contributed by atoms with van der Waals surface area (Å²) >= 11 is 3.49. The van der Waals surface area contributed by atoms with Crippen LogP contribution in [0, 0.1) is 5.92 Å². The Labute approximate surface area is 70.9 Å². The van der Waals surface area contributed by atoms with E-state index in [1.807, 2.05) is 0 Å². The average Bonchev–Trinajstić information content (AvgIpc) is 2.05. The molecule has 2 heteroatoms. The molecule has 1 rings (SSSR count). The van der Waals surface area contributed by atoms with Crippen LogP contribution in [0.3, 0.4) is 0 Å². The average molecular weight is 207 g/mol. The van der Waals surface area contributed by atoms with Gasteiger partial charge in [0.25, 0.3) is 0 Å². The van der Waals surface area contributed by atoms with Crippen molar-refractivity contribution in [2.24, 2.45) is 5.92 Å². The van der Waals surface area contributed by atoms with Crippen LogP contribution in [0.1, 0.15) is 32.1 Å². The number of hydrogen-bond donors (Lipinski definition) is 1. The van der Waals surface area contributed by atoms with E-state index in [0.717, 1.165) is 5.92 Å². The van der Waals surface area contributed by atoms with Crippen LogP contribution in [0.4, 0.5) is 0 Å². The molecular formula is C8H15BrO. The van der Waals surface area contributed by atoms with Crippen molar-refractivity contribution < 1.29 is 5.11 Å². The molecule has 1 nitrogen and oxygen atoms in total. The van der Waals surface area contributed by atoms with Crippen molar-refractivity contribution in [3.05, 3.63) is 0 Å². The molecule has 0 amide bonds. The number of alkyl halides is 1. The van der Waals surface area contributed by atoms with Gasteiger partial charge in [0.2, 0.25) is 0 Å². The minimum absolute atomic E-state index is 0.296. The predicted molar refractivity (Wildman–Crippen MR) is 46.4 cm³/mol. The van der Waals surface area contributed by atoms with Crippen molar-refractivity contribution in [2.75, 3.05) is 6.61 Å². The molecule has 60 valence electrons. The Morgan fingerprint density at radius 3 is 2.40 bits per heavy atom. The highest BCUT2D eigenvalue weighted by atomic mass is 79.9. The predicted octanol–water partition coefficient (Wildman–Crippen LogP) is 2.32. The van der Waals surface area contributed by atoms with Gasteiger partial charge in [-0.1, -0.05) is 35.2 Å². The van der Waals surface area contributed by atoms with Gasteiger partial charge in [0.1, 0.15) is 0 Å². The number of aliphatic hydroxyl groups is 1. The van der Waals surface area contributed by atoms with Crippen LogP contribution in [-0.2, 0) is 0 Å². The molecule has 0 radical (unpaired) electrons. The Morgan fingerprint density at radius 2 is 1.90 bits per heavy atom. The van der Waals surface area contributed by atoms with Crippen molar-refractivity contribution in [3.63, 3.8) is 0 Å². The van der Waals surface area contributed by atoms with Crippen LogP contribution in [0.25, 0.3) is 0 Å². The van der Waals surface area contributed by atoms with Crippen LogP contribution in [0.2, 0.25) is 0 Å². The van der Waals surface area contributed by atoms with Gasteiger partial charge in [-0.05, 0) is 18.8 Å². The molecule has 1 unspecified atom stereocenters. The van der Waals surface area contributed by atoms with Crippen LogP contribution in [0.15, 0.2) is 0 Å². The van der Waals surface area contributed by atoms with E-state index < -0.39 is 0 Å². The highest BCUT2D eigenvalue weighted by molar-refractivity contribution is 9.09. The quantitative estimate of drug-likeness (QED) is 0.689. The first-order chi connectivity index (χ1) is 4.84. The van der Waals surface area contributed by atoms with Gasteiger partial charge in [0, 0.05) is 4.83 Å². The second-order valence-electron chi connectivity index (χ2n) is 3.10. The molecule has 1 aliphatic carbocycles. The molecular weight excluding hydrogens is 192 g/mol. The zero-order valence-electron chi connectivity index (χ0n) is 6.22. The van der Waals surface area contributed by atoms with E-state index in [1.54, 1.807) is 0 Å². The normalized spacial score (nSPS) is 24.6. The standard InChI is InChI=1S/C8H15BrO/c9-8(6-10)7-4-2-1-3-5-7/h7-8,10H,1-6H2. The maximum Gasteiger partial charge on any atom is 0.0559 e. The van der Waals surface area contributed by atoms with E-state index in [4.69, 9.17) is 5.11 Å². The van der Waals surface area contributed by atoms with E-state index in [-0.39, 0.29) is 0 Å². The molecule has 1 saturated carbocycles. The Balaban J connectivity index is 2.24. The third-order valence-electron chi connectivity index (χ3n) is 2.34. The summed E-state index contributed by atoms with van der Waals surface area (Å²) in [6, 6.07) is 0. The molecule has 1 atom stereocenters. The lowest BCUT2D eigenvalue weighted by atomic mass is 9.87. The van der Waals surface area contributed by atoms with E-state index >= 15 is 0 Å². The number of rotatable bonds is 2. The minimum atomic E-state index is 0.296. The van der Waals surface area contributed by atoms with Crippen molar-refractivity contribution >= 4 is 15.9 Å². The molecule has 0 heterocycles.